The predicted octanol–water partition coefficient (Wildman–Crippen LogP) is 9.58. The first-order valence-corrected chi connectivity index (χ1v) is 13.9. The summed E-state index contributed by atoms with van der Waals surface area (Å²) in [6, 6.07) is 31.0. The zero-order chi connectivity index (χ0) is 26.6. The summed E-state index contributed by atoms with van der Waals surface area (Å²) in [5, 5.41) is 2.53. The second-order valence-corrected chi connectivity index (χ2v) is 11.1. The fraction of sp³-hybridized carbons (Fsp3) is 0.278. The monoisotopic (exact) mass is 498 g/mol. The van der Waals surface area contributed by atoms with E-state index in [2.05, 4.69) is 120 Å². The van der Waals surface area contributed by atoms with Crippen molar-refractivity contribution in [2.75, 3.05) is 0 Å². The molecular weight excluding hydrogens is 460 g/mol. The molecular formula is C36H38N2. The number of hydrogen-bond donors (Lipinski definition) is 0. The van der Waals surface area contributed by atoms with Crippen LogP contribution in [0.5, 0.6) is 0 Å². The van der Waals surface area contributed by atoms with Gasteiger partial charge in [-0.1, -0.05) is 85.1 Å². The van der Waals surface area contributed by atoms with Crippen molar-refractivity contribution in [2.24, 2.45) is 0 Å². The molecule has 0 unspecified atom stereocenters. The SMILES string of the molecule is Cc1ccc(-c2cccc(CCCCc3cc4cc(C(C)C)ccc4c(-c4cc(C)cc(C)c4)n3)n2)cc1. The Balaban J connectivity index is 1.35. The third-order valence-electron chi connectivity index (χ3n) is 7.34. The highest BCUT2D eigenvalue weighted by Crippen LogP contribution is 2.31. The number of pyridine rings is 2. The second-order valence-electron chi connectivity index (χ2n) is 11.1. The average molecular weight is 499 g/mol. The van der Waals surface area contributed by atoms with Gasteiger partial charge in [0.05, 0.1) is 11.4 Å². The van der Waals surface area contributed by atoms with Crippen molar-refractivity contribution in [3.63, 3.8) is 0 Å². The maximum absolute atomic E-state index is 5.22. The molecule has 0 radical (unpaired) electrons. The zero-order valence-corrected chi connectivity index (χ0v) is 23.4. The Hall–Kier alpha value is -3.78. The highest BCUT2D eigenvalue weighted by Gasteiger charge is 2.12. The largest absolute Gasteiger partial charge is 0.253 e. The summed E-state index contributed by atoms with van der Waals surface area (Å²) in [5.41, 5.74) is 12.1. The van der Waals surface area contributed by atoms with E-state index in [-0.39, 0.29) is 0 Å². The normalized spacial score (nSPS) is 11.4. The van der Waals surface area contributed by atoms with E-state index in [0.717, 1.165) is 42.8 Å². The number of aryl methyl sites for hydroxylation is 5. The molecule has 0 spiro atoms. The average Bonchev–Trinajstić information content (AvgIpc) is 2.90. The van der Waals surface area contributed by atoms with Crippen LogP contribution >= 0.6 is 0 Å². The lowest BCUT2D eigenvalue weighted by Crippen LogP contribution is -1.98. The van der Waals surface area contributed by atoms with Crippen LogP contribution in [0.4, 0.5) is 0 Å². The van der Waals surface area contributed by atoms with E-state index in [9.17, 15) is 0 Å². The standard InChI is InChI=1S/C36H38N2/c1-24(2)29-17-18-34-30(22-29)23-33(38-36(34)31-20-26(4)19-27(5)21-31)10-7-6-9-32-11-8-12-35(37-32)28-15-13-25(3)14-16-28/h8,11-24H,6-7,9-10H2,1-5H3. The molecule has 0 N–H and O–H groups in total. The molecule has 3 aromatic carbocycles. The van der Waals surface area contributed by atoms with E-state index in [1.165, 1.54) is 49.8 Å². The number of fused-ring (bicyclic) bond motifs is 1. The number of nitrogens with zero attached hydrogens (tertiary/aromatic N) is 2. The summed E-state index contributed by atoms with van der Waals surface area (Å²) in [6.07, 6.45) is 4.13. The van der Waals surface area contributed by atoms with Gasteiger partial charge in [0.25, 0.3) is 0 Å². The summed E-state index contributed by atoms with van der Waals surface area (Å²) in [5.74, 6) is 0.504. The van der Waals surface area contributed by atoms with Gasteiger partial charge in [-0.05, 0) is 93.7 Å². The molecule has 0 amide bonds. The molecule has 0 saturated heterocycles. The van der Waals surface area contributed by atoms with Gasteiger partial charge in [-0.2, -0.15) is 0 Å². The van der Waals surface area contributed by atoms with Crippen molar-refractivity contribution in [2.45, 2.75) is 66.2 Å². The quantitative estimate of drug-likeness (QED) is 0.199. The van der Waals surface area contributed by atoms with Crippen LogP contribution in [0.25, 0.3) is 33.3 Å². The topological polar surface area (TPSA) is 25.8 Å². The molecule has 2 aromatic heterocycles. The van der Waals surface area contributed by atoms with E-state index >= 15 is 0 Å². The van der Waals surface area contributed by atoms with Gasteiger partial charge >= 0.3 is 0 Å². The summed E-state index contributed by atoms with van der Waals surface area (Å²) in [7, 11) is 0. The van der Waals surface area contributed by atoms with Gasteiger partial charge < -0.3 is 0 Å². The highest BCUT2D eigenvalue weighted by atomic mass is 14.7. The molecule has 2 heteroatoms. The number of hydrogen-bond acceptors (Lipinski definition) is 2. The molecule has 192 valence electrons. The first-order valence-electron chi connectivity index (χ1n) is 13.9. The Morgan fingerprint density at radius 2 is 1.32 bits per heavy atom. The van der Waals surface area contributed by atoms with Gasteiger partial charge in [0.15, 0.2) is 0 Å². The molecule has 5 rings (SSSR count). The smallest absolute Gasteiger partial charge is 0.0783 e. The summed E-state index contributed by atoms with van der Waals surface area (Å²) >= 11 is 0. The summed E-state index contributed by atoms with van der Waals surface area (Å²) in [6.45, 7) is 11.0. The Labute approximate surface area is 227 Å². The van der Waals surface area contributed by atoms with E-state index in [1.54, 1.807) is 0 Å². The van der Waals surface area contributed by atoms with E-state index < -0.39 is 0 Å². The third-order valence-corrected chi connectivity index (χ3v) is 7.34. The molecule has 0 atom stereocenters. The van der Waals surface area contributed by atoms with Crippen LogP contribution in [0.2, 0.25) is 0 Å². The maximum Gasteiger partial charge on any atom is 0.0783 e. The fourth-order valence-electron chi connectivity index (χ4n) is 5.27. The highest BCUT2D eigenvalue weighted by molar-refractivity contribution is 5.95. The van der Waals surface area contributed by atoms with E-state index in [0.29, 0.717) is 5.92 Å². The molecule has 0 saturated carbocycles. The lowest BCUT2D eigenvalue weighted by Gasteiger charge is -2.14. The molecule has 5 aromatic rings. The lowest BCUT2D eigenvalue weighted by molar-refractivity contribution is 0.714. The summed E-state index contributed by atoms with van der Waals surface area (Å²) < 4.78 is 0. The summed E-state index contributed by atoms with van der Waals surface area (Å²) in [4.78, 5) is 10.2. The van der Waals surface area contributed by atoms with Crippen LogP contribution < -0.4 is 0 Å². The Morgan fingerprint density at radius 3 is 2.03 bits per heavy atom. The lowest BCUT2D eigenvalue weighted by atomic mass is 9.95. The molecule has 0 aliphatic rings. The van der Waals surface area contributed by atoms with Crippen LogP contribution in [-0.4, -0.2) is 9.97 Å². The van der Waals surface area contributed by atoms with E-state index in [4.69, 9.17) is 9.97 Å². The minimum atomic E-state index is 0.504. The van der Waals surface area contributed by atoms with Gasteiger partial charge in [-0.25, -0.2) is 0 Å². The minimum absolute atomic E-state index is 0.504. The molecule has 0 bridgehead atoms. The van der Waals surface area contributed by atoms with Crippen LogP contribution in [0.3, 0.4) is 0 Å². The number of benzene rings is 3. The van der Waals surface area contributed by atoms with Crippen molar-refractivity contribution in [1.29, 1.82) is 0 Å². The Bertz CT molecular complexity index is 1540. The van der Waals surface area contributed by atoms with Crippen molar-refractivity contribution >= 4 is 10.8 Å². The molecule has 2 nitrogen and oxygen atoms in total. The zero-order valence-electron chi connectivity index (χ0n) is 23.4. The van der Waals surface area contributed by atoms with Crippen molar-refractivity contribution in [1.82, 2.24) is 9.97 Å². The minimum Gasteiger partial charge on any atom is -0.253 e. The van der Waals surface area contributed by atoms with Crippen molar-refractivity contribution in [3.8, 4) is 22.5 Å². The van der Waals surface area contributed by atoms with Crippen LogP contribution in [0, 0.1) is 20.8 Å². The van der Waals surface area contributed by atoms with Gasteiger partial charge in [-0.3, -0.25) is 9.97 Å². The molecule has 0 aliphatic carbocycles. The van der Waals surface area contributed by atoms with Crippen LogP contribution in [0.15, 0.2) is 84.9 Å². The van der Waals surface area contributed by atoms with Crippen LogP contribution in [0.1, 0.15) is 66.2 Å². The van der Waals surface area contributed by atoms with Gasteiger partial charge in [0, 0.05) is 27.9 Å². The second kappa shape index (κ2) is 11.3. The number of aromatic nitrogens is 2. The predicted molar refractivity (Wildman–Crippen MR) is 162 cm³/mol. The Kier molecular flexibility index (Phi) is 7.69. The maximum atomic E-state index is 5.22. The first-order chi connectivity index (χ1) is 18.4. The van der Waals surface area contributed by atoms with E-state index in [1.807, 2.05) is 0 Å². The first kappa shape index (κ1) is 25.9. The molecule has 0 aliphatic heterocycles. The molecule has 2 heterocycles. The van der Waals surface area contributed by atoms with Gasteiger partial charge in [-0.15, -0.1) is 0 Å². The van der Waals surface area contributed by atoms with Crippen molar-refractivity contribution < 1.29 is 0 Å². The third kappa shape index (κ3) is 6.02. The Morgan fingerprint density at radius 1 is 0.605 bits per heavy atom. The van der Waals surface area contributed by atoms with Gasteiger partial charge in [0.1, 0.15) is 0 Å². The number of unbranched alkanes of at least 4 members (excludes halogenated alkanes) is 1. The molecule has 38 heavy (non-hydrogen) atoms. The van der Waals surface area contributed by atoms with Gasteiger partial charge in [0.2, 0.25) is 0 Å². The fourth-order valence-corrected chi connectivity index (χ4v) is 5.27. The van der Waals surface area contributed by atoms with Crippen molar-refractivity contribution in [3.05, 3.63) is 119 Å². The molecule has 0 fully saturated rings. The van der Waals surface area contributed by atoms with Crippen LogP contribution in [-0.2, 0) is 12.8 Å². The number of rotatable bonds is 8.